The predicted molar refractivity (Wildman–Crippen MR) is 162 cm³/mol. The first-order valence-electron chi connectivity index (χ1n) is 13.4. The number of hydrogen-bond acceptors (Lipinski definition) is 8. The van der Waals surface area contributed by atoms with Gasteiger partial charge in [0.2, 0.25) is 0 Å². The molecule has 1 N–H and O–H groups in total. The number of benzene rings is 3. The summed E-state index contributed by atoms with van der Waals surface area (Å²) in [6.45, 7) is 11.6. The molecule has 1 heterocycles. The van der Waals surface area contributed by atoms with Crippen LogP contribution in [0.25, 0.3) is 10.8 Å². The van der Waals surface area contributed by atoms with Crippen molar-refractivity contribution in [3.63, 3.8) is 0 Å². The average molecular weight is 584 g/mol. The first-order valence-corrected chi connectivity index (χ1v) is 13.4. The number of ether oxygens (including phenoxy) is 5. The molecule has 0 unspecified atom stereocenters. The van der Waals surface area contributed by atoms with Crippen LogP contribution >= 0.6 is 12.4 Å². The van der Waals surface area contributed by atoms with Gasteiger partial charge in [0.25, 0.3) is 0 Å². The van der Waals surface area contributed by atoms with E-state index in [1.54, 1.807) is 0 Å². The molecular formula is C32H38ClNO7. The molecule has 41 heavy (non-hydrogen) atoms. The average Bonchev–Trinajstić information content (AvgIpc) is 2.93. The van der Waals surface area contributed by atoms with Crippen molar-refractivity contribution in [3.8, 4) is 34.5 Å². The quantitative estimate of drug-likeness (QED) is 0.147. The lowest BCUT2D eigenvalue weighted by Gasteiger charge is -2.15. The van der Waals surface area contributed by atoms with E-state index in [4.69, 9.17) is 28.8 Å². The fraction of sp³-hybridized carbons (Fsp3) is 0.312. The molecule has 8 nitrogen and oxygen atoms in total. The fourth-order valence-electron chi connectivity index (χ4n) is 4.00. The zero-order valence-corrected chi connectivity index (χ0v) is 25.0. The Kier molecular flexibility index (Phi) is 13.6. The summed E-state index contributed by atoms with van der Waals surface area (Å²) >= 11 is 0. The number of nitrogens with zero attached hydrogens (tertiary/aromatic N) is 1. The van der Waals surface area contributed by atoms with E-state index in [-0.39, 0.29) is 24.1 Å². The van der Waals surface area contributed by atoms with Gasteiger partial charge in [0.1, 0.15) is 11.5 Å². The van der Waals surface area contributed by atoms with Gasteiger partial charge >= 0.3 is 5.97 Å². The standard InChI is InChI=1S/C24H29NO4.C8H8O3.ClH/c1-5-26-21-10-9-17(14-22(21)27-6-2)13-20-19-16-24(29-8-4)23(28-7-3)15-18(19)11-12-25-20;1-6(9)11-8-4-2-7(10)3-5-8;/h9-12,14-16H,5-8,13H2,1-4H3;2-5,10H,1H3;1H. The van der Waals surface area contributed by atoms with Crippen LogP contribution in [0.15, 0.2) is 66.9 Å². The van der Waals surface area contributed by atoms with Crippen molar-refractivity contribution < 1.29 is 33.6 Å². The van der Waals surface area contributed by atoms with Gasteiger partial charge in [-0.05, 0) is 93.2 Å². The maximum atomic E-state index is 10.4. The Labute approximate surface area is 247 Å². The van der Waals surface area contributed by atoms with E-state index in [1.165, 1.54) is 31.2 Å². The normalized spacial score (nSPS) is 10.1. The Balaban J connectivity index is 0.000000413. The highest BCUT2D eigenvalue weighted by atomic mass is 35.5. The minimum absolute atomic E-state index is 0. The number of fused-ring (bicyclic) bond motifs is 1. The second-order valence-electron chi connectivity index (χ2n) is 8.56. The maximum absolute atomic E-state index is 10.4. The first-order chi connectivity index (χ1) is 19.4. The lowest BCUT2D eigenvalue weighted by atomic mass is 10.0. The third kappa shape index (κ3) is 9.76. The van der Waals surface area contributed by atoms with Gasteiger partial charge in [0.05, 0.1) is 32.1 Å². The summed E-state index contributed by atoms with van der Waals surface area (Å²) < 4.78 is 27.7. The summed E-state index contributed by atoms with van der Waals surface area (Å²) in [4.78, 5) is 15.1. The van der Waals surface area contributed by atoms with Crippen molar-refractivity contribution in [3.05, 3.63) is 78.1 Å². The Morgan fingerprint density at radius 1 is 0.732 bits per heavy atom. The van der Waals surface area contributed by atoms with Crippen LogP contribution in [0.5, 0.6) is 34.5 Å². The number of pyridine rings is 1. The fourth-order valence-corrected chi connectivity index (χ4v) is 4.00. The van der Waals surface area contributed by atoms with Gasteiger partial charge in [-0.15, -0.1) is 12.4 Å². The molecule has 0 fully saturated rings. The zero-order valence-electron chi connectivity index (χ0n) is 24.1. The monoisotopic (exact) mass is 583 g/mol. The van der Waals surface area contributed by atoms with Gasteiger partial charge in [-0.3, -0.25) is 9.78 Å². The van der Waals surface area contributed by atoms with Crippen LogP contribution in [0.3, 0.4) is 0 Å². The van der Waals surface area contributed by atoms with Gasteiger partial charge in [-0.1, -0.05) is 6.07 Å². The van der Waals surface area contributed by atoms with E-state index in [0.717, 1.165) is 45.0 Å². The smallest absolute Gasteiger partial charge is 0.308 e. The molecule has 0 aliphatic heterocycles. The van der Waals surface area contributed by atoms with Gasteiger partial charge in [0.15, 0.2) is 23.0 Å². The molecule has 1 aromatic heterocycles. The molecule has 4 rings (SSSR count). The Bertz CT molecular complexity index is 1390. The zero-order chi connectivity index (χ0) is 28.9. The number of hydrogen-bond donors (Lipinski definition) is 1. The number of carbonyl (C=O) groups is 1. The summed E-state index contributed by atoms with van der Waals surface area (Å²) in [5, 5.41) is 11.0. The molecule has 0 spiro atoms. The number of aromatic hydroxyl groups is 1. The molecule has 0 bridgehead atoms. The van der Waals surface area contributed by atoms with Gasteiger partial charge in [0, 0.05) is 24.9 Å². The molecule has 0 radical (unpaired) electrons. The van der Waals surface area contributed by atoms with Crippen LogP contribution in [0, 0.1) is 0 Å². The van der Waals surface area contributed by atoms with E-state index in [1.807, 2.05) is 64.2 Å². The molecule has 0 atom stereocenters. The Hall–Kier alpha value is -4.17. The Morgan fingerprint density at radius 2 is 1.29 bits per heavy atom. The van der Waals surface area contributed by atoms with Crippen molar-refractivity contribution in [1.29, 1.82) is 0 Å². The second kappa shape index (κ2) is 16.8. The number of phenols is 1. The van der Waals surface area contributed by atoms with E-state index in [2.05, 4.69) is 11.1 Å². The molecular weight excluding hydrogens is 546 g/mol. The molecule has 220 valence electrons. The summed E-state index contributed by atoms with van der Waals surface area (Å²) in [5.74, 6) is 3.27. The number of esters is 1. The summed E-state index contributed by atoms with van der Waals surface area (Å²) in [6, 6.07) is 18.1. The van der Waals surface area contributed by atoms with Crippen LogP contribution in [-0.4, -0.2) is 42.5 Å². The third-order valence-corrected chi connectivity index (χ3v) is 5.59. The number of carbonyl (C=O) groups excluding carboxylic acids is 1. The second-order valence-corrected chi connectivity index (χ2v) is 8.56. The molecule has 4 aromatic rings. The Morgan fingerprint density at radius 3 is 1.88 bits per heavy atom. The maximum Gasteiger partial charge on any atom is 0.308 e. The van der Waals surface area contributed by atoms with E-state index in [9.17, 15) is 4.79 Å². The topological polar surface area (TPSA) is 96.3 Å². The molecule has 0 aliphatic rings. The van der Waals surface area contributed by atoms with Crippen LogP contribution < -0.4 is 23.7 Å². The highest BCUT2D eigenvalue weighted by Gasteiger charge is 2.13. The highest BCUT2D eigenvalue weighted by molar-refractivity contribution is 5.88. The molecule has 0 amide bonds. The SMILES string of the molecule is CC(=O)Oc1ccc(O)cc1.CCOc1ccc(Cc2nccc3cc(OCC)c(OCC)cc23)cc1OCC.Cl. The lowest BCUT2D eigenvalue weighted by Crippen LogP contribution is -2.01. The highest BCUT2D eigenvalue weighted by Crippen LogP contribution is 2.35. The minimum Gasteiger partial charge on any atom is -0.508 e. The molecule has 0 aliphatic carbocycles. The number of aromatic nitrogens is 1. The van der Waals surface area contributed by atoms with E-state index < -0.39 is 0 Å². The minimum atomic E-state index is -0.365. The van der Waals surface area contributed by atoms with Crippen LogP contribution in [0.1, 0.15) is 45.9 Å². The van der Waals surface area contributed by atoms with Gasteiger partial charge in [-0.2, -0.15) is 0 Å². The number of rotatable bonds is 11. The van der Waals surface area contributed by atoms with Crippen molar-refractivity contribution in [1.82, 2.24) is 4.98 Å². The lowest BCUT2D eigenvalue weighted by molar-refractivity contribution is -0.131. The number of halogens is 1. The van der Waals surface area contributed by atoms with E-state index >= 15 is 0 Å². The van der Waals surface area contributed by atoms with Gasteiger partial charge in [-0.25, -0.2) is 0 Å². The van der Waals surface area contributed by atoms with Gasteiger partial charge < -0.3 is 28.8 Å². The summed E-state index contributed by atoms with van der Waals surface area (Å²) in [6.07, 6.45) is 2.52. The third-order valence-electron chi connectivity index (χ3n) is 5.59. The first kappa shape index (κ1) is 33.0. The summed E-state index contributed by atoms with van der Waals surface area (Å²) in [5.41, 5.74) is 2.10. The van der Waals surface area contributed by atoms with Crippen molar-refractivity contribution in [2.75, 3.05) is 26.4 Å². The van der Waals surface area contributed by atoms with E-state index in [0.29, 0.717) is 38.6 Å². The van der Waals surface area contributed by atoms with Crippen molar-refractivity contribution in [2.45, 2.75) is 41.0 Å². The molecule has 0 saturated carbocycles. The summed E-state index contributed by atoms with van der Waals surface area (Å²) in [7, 11) is 0. The van der Waals surface area contributed by atoms with Crippen LogP contribution in [-0.2, 0) is 11.2 Å². The molecule has 3 aromatic carbocycles. The molecule has 0 saturated heterocycles. The number of phenolic OH excluding ortho intramolecular Hbond substituents is 1. The van der Waals surface area contributed by atoms with Crippen molar-refractivity contribution >= 4 is 29.1 Å². The predicted octanol–water partition coefficient (Wildman–Crippen LogP) is 7.16. The largest absolute Gasteiger partial charge is 0.508 e. The van der Waals surface area contributed by atoms with Crippen LogP contribution in [0.4, 0.5) is 0 Å². The van der Waals surface area contributed by atoms with Crippen LogP contribution in [0.2, 0.25) is 0 Å². The van der Waals surface area contributed by atoms with Crippen molar-refractivity contribution in [2.24, 2.45) is 0 Å². The molecule has 9 heteroatoms.